The van der Waals surface area contributed by atoms with Gasteiger partial charge in [0.15, 0.2) is 5.82 Å². The van der Waals surface area contributed by atoms with Gasteiger partial charge in [0.1, 0.15) is 6.07 Å². The molecule has 3 rings (SSSR count). The summed E-state index contributed by atoms with van der Waals surface area (Å²) in [4.78, 5) is 16.1. The maximum atomic E-state index is 11.8. The highest BCUT2D eigenvalue weighted by Gasteiger charge is 2.20. The second-order valence-corrected chi connectivity index (χ2v) is 5.75. The van der Waals surface area contributed by atoms with Crippen molar-refractivity contribution in [1.82, 2.24) is 24.9 Å². The molecule has 1 aliphatic rings. The Morgan fingerprint density at radius 3 is 2.71 bits per heavy atom. The summed E-state index contributed by atoms with van der Waals surface area (Å²) in [6.07, 6.45) is 1.53. The summed E-state index contributed by atoms with van der Waals surface area (Å²) in [7, 11) is 0. The van der Waals surface area contributed by atoms with Crippen LogP contribution in [0.3, 0.4) is 0 Å². The van der Waals surface area contributed by atoms with E-state index in [1.807, 2.05) is 6.92 Å². The SMILES string of the molecule is Cc1ccc(=O)n(CCN2CCN(c3nnccc3C#N)CC2)n1. The van der Waals surface area contributed by atoms with E-state index in [1.165, 1.54) is 10.9 Å². The molecule has 0 saturated carbocycles. The van der Waals surface area contributed by atoms with E-state index in [4.69, 9.17) is 5.26 Å². The van der Waals surface area contributed by atoms with Gasteiger partial charge in [0.2, 0.25) is 0 Å². The topological polar surface area (TPSA) is 90.9 Å². The number of hydrogen-bond acceptors (Lipinski definition) is 7. The van der Waals surface area contributed by atoms with Crippen LogP contribution in [0.5, 0.6) is 0 Å². The van der Waals surface area contributed by atoms with Gasteiger partial charge in [-0.25, -0.2) is 4.68 Å². The number of anilines is 1. The van der Waals surface area contributed by atoms with Gasteiger partial charge in [-0.1, -0.05) is 0 Å². The summed E-state index contributed by atoms with van der Waals surface area (Å²) in [6.45, 7) is 6.49. The first-order chi connectivity index (χ1) is 11.7. The first-order valence-electron chi connectivity index (χ1n) is 7.91. The molecule has 124 valence electrons. The van der Waals surface area contributed by atoms with E-state index >= 15 is 0 Å². The average molecular weight is 325 g/mol. The predicted molar refractivity (Wildman–Crippen MR) is 88.6 cm³/mol. The third kappa shape index (κ3) is 3.58. The molecule has 0 radical (unpaired) electrons. The summed E-state index contributed by atoms with van der Waals surface area (Å²) in [6, 6.07) is 7.12. The molecule has 2 aromatic rings. The number of aromatic nitrogens is 4. The van der Waals surface area contributed by atoms with E-state index in [9.17, 15) is 4.79 Å². The zero-order valence-corrected chi connectivity index (χ0v) is 13.6. The molecule has 2 aromatic heterocycles. The molecule has 0 amide bonds. The Kier molecular flexibility index (Phi) is 4.82. The zero-order valence-electron chi connectivity index (χ0n) is 13.6. The Balaban J connectivity index is 1.57. The summed E-state index contributed by atoms with van der Waals surface area (Å²) in [5, 5.41) is 21.4. The number of nitriles is 1. The molecule has 0 bridgehead atoms. The molecule has 0 N–H and O–H groups in total. The standard InChI is InChI=1S/C16H19N7O/c1-13-2-3-15(24)23(20-13)11-8-21-6-9-22(10-7-21)16-14(12-17)4-5-18-19-16/h2-5H,6-11H2,1H3. The highest BCUT2D eigenvalue weighted by atomic mass is 16.1. The summed E-state index contributed by atoms with van der Waals surface area (Å²) < 4.78 is 1.51. The minimum Gasteiger partial charge on any atom is -0.351 e. The molecule has 8 heteroatoms. The third-order valence-corrected chi connectivity index (χ3v) is 4.12. The summed E-state index contributed by atoms with van der Waals surface area (Å²) >= 11 is 0. The van der Waals surface area contributed by atoms with Crippen LogP contribution in [0, 0.1) is 18.3 Å². The van der Waals surface area contributed by atoms with Crippen LogP contribution in [0.25, 0.3) is 0 Å². The van der Waals surface area contributed by atoms with Crippen molar-refractivity contribution in [3.05, 3.63) is 46.0 Å². The van der Waals surface area contributed by atoms with Crippen LogP contribution in [-0.4, -0.2) is 57.6 Å². The quantitative estimate of drug-likeness (QED) is 0.783. The molecule has 0 aromatic carbocycles. The average Bonchev–Trinajstić information content (AvgIpc) is 2.63. The highest BCUT2D eigenvalue weighted by molar-refractivity contribution is 5.52. The first-order valence-corrected chi connectivity index (χ1v) is 7.91. The number of aryl methyl sites for hydroxylation is 1. The Labute approximate surface area is 140 Å². The van der Waals surface area contributed by atoms with E-state index in [2.05, 4.69) is 31.2 Å². The van der Waals surface area contributed by atoms with Crippen molar-refractivity contribution in [2.45, 2.75) is 13.5 Å². The van der Waals surface area contributed by atoms with Crippen molar-refractivity contribution in [2.75, 3.05) is 37.6 Å². The number of hydrogen-bond donors (Lipinski definition) is 0. The van der Waals surface area contributed by atoms with Crippen molar-refractivity contribution >= 4 is 5.82 Å². The zero-order chi connectivity index (χ0) is 16.9. The van der Waals surface area contributed by atoms with Crippen LogP contribution < -0.4 is 10.5 Å². The largest absolute Gasteiger partial charge is 0.351 e. The molecular formula is C16H19N7O. The Morgan fingerprint density at radius 2 is 1.96 bits per heavy atom. The predicted octanol–water partition coefficient (Wildman–Crippen LogP) is 0.0356. The molecular weight excluding hydrogens is 306 g/mol. The Morgan fingerprint density at radius 1 is 1.17 bits per heavy atom. The molecule has 1 aliphatic heterocycles. The van der Waals surface area contributed by atoms with Gasteiger partial charge in [0.25, 0.3) is 5.56 Å². The molecule has 0 aliphatic carbocycles. The van der Waals surface area contributed by atoms with Crippen molar-refractivity contribution in [3.63, 3.8) is 0 Å². The van der Waals surface area contributed by atoms with Gasteiger partial charge < -0.3 is 4.90 Å². The van der Waals surface area contributed by atoms with Gasteiger partial charge in [-0.05, 0) is 19.1 Å². The van der Waals surface area contributed by atoms with Gasteiger partial charge in [0, 0.05) is 38.8 Å². The maximum Gasteiger partial charge on any atom is 0.266 e. The van der Waals surface area contributed by atoms with Gasteiger partial charge in [0.05, 0.1) is 24.0 Å². The molecule has 0 spiro atoms. The highest BCUT2D eigenvalue weighted by Crippen LogP contribution is 2.17. The lowest BCUT2D eigenvalue weighted by atomic mass is 10.2. The van der Waals surface area contributed by atoms with E-state index in [0.717, 1.165) is 38.4 Å². The van der Waals surface area contributed by atoms with Gasteiger partial charge in [-0.2, -0.15) is 15.5 Å². The second-order valence-electron chi connectivity index (χ2n) is 5.75. The van der Waals surface area contributed by atoms with E-state index in [1.54, 1.807) is 18.2 Å². The van der Waals surface area contributed by atoms with E-state index in [0.29, 0.717) is 17.9 Å². The number of rotatable bonds is 4. The minimum atomic E-state index is -0.0718. The fourth-order valence-electron chi connectivity index (χ4n) is 2.78. The maximum absolute atomic E-state index is 11.8. The molecule has 3 heterocycles. The lowest BCUT2D eigenvalue weighted by molar-refractivity contribution is 0.242. The minimum absolute atomic E-state index is 0.0718. The molecule has 8 nitrogen and oxygen atoms in total. The van der Waals surface area contributed by atoms with Crippen molar-refractivity contribution in [2.24, 2.45) is 0 Å². The third-order valence-electron chi connectivity index (χ3n) is 4.12. The lowest BCUT2D eigenvalue weighted by Gasteiger charge is -2.35. The van der Waals surface area contributed by atoms with Crippen LogP contribution in [0.2, 0.25) is 0 Å². The van der Waals surface area contributed by atoms with E-state index in [-0.39, 0.29) is 5.56 Å². The van der Waals surface area contributed by atoms with Crippen molar-refractivity contribution < 1.29 is 0 Å². The van der Waals surface area contributed by atoms with Crippen LogP contribution in [0.15, 0.2) is 29.2 Å². The van der Waals surface area contributed by atoms with Crippen molar-refractivity contribution in [1.29, 1.82) is 5.26 Å². The summed E-state index contributed by atoms with van der Waals surface area (Å²) in [5.74, 6) is 0.649. The molecule has 0 atom stereocenters. The van der Waals surface area contributed by atoms with E-state index < -0.39 is 0 Å². The Bertz CT molecular complexity index is 803. The molecule has 0 unspecified atom stereocenters. The lowest BCUT2D eigenvalue weighted by Crippen LogP contribution is -2.48. The monoisotopic (exact) mass is 325 g/mol. The fraction of sp³-hybridized carbons (Fsp3) is 0.438. The number of piperazine rings is 1. The second kappa shape index (κ2) is 7.19. The van der Waals surface area contributed by atoms with Gasteiger partial charge in [-0.3, -0.25) is 9.69 Å². The fourth-order valence-corrected chi connectivity index (χ4v) is 2.78. The summed E-state index contributed by atoms with van der Waals surface area (Å²) in [5.41, 5.74) is 1.32. The number of nitrogens with zero attached hydrogens (tertiary/aromatic N) is 7. The molecule has 1 saturated heterocycles. The van der Waals surface area contributed by atoms with Gasteiger partial charge in [-0.15, -0.1) is 5.10 Å². The van der Waals surface area contributed by atoms with Crippen LogP contribution in [-0.2, 0) is 6.54 Å². The van der Waals surface area contributed by atoms with Crippen LogP contribution in [0.4, 0.5) is 5.82 Å². The van der Waals surface area contributed by atoms with Crippen LogP contribution >= 0.6 is 0 Å². The normalized spacial score (nSPS) is 15.2. The molecule has 24 heavy (non-hydrogen) atoms. The van der Waals surface area contributed by atoms with Crippen LogP contribution in [0.1, 0.15) is 11.3 Å². The van der Waals surface area contributed by atoms with Gasteiger partial charge >= 0.3 is 0 Å². The first kappa shape index (κ1) is 16.1. The Hall–Kier alpha value is -2.79. The van der Waals surface area contributed by atoms with Crippen molar-refractivity contribution in [3.8, 4) is 6.07 Å². The molecule has 1 fully saturated rings. The smallest absolute Gasteiger partial charge is 0.266 e.